The van der Waals surface area contributed by atoms with E-state index in [1.807, 2.05) is 13.8 Å². The summed E-state index contributed by atoms with van der Waals surface area (Å²) in [5, 5.41) is 0. The van der Waals surface area contributed by atoms with Crippen molar-refractivity contribution in [3.05, 3.63) is 0 Å². The van der Waals surface area contributed by atoms with Gasteiger partial charge in [-0.15, -0.1) is 0 Å². The average Bonchev–Trinajstić information content (AvgIpc) is 2.25. The number of ether oxygens (including phenoxy) is 1. The summed E-state index contributed by atoms with van der Waals surface area (Å²) in [6, 6.07) is 0. The lowest BCUT2D eigenvalue weighted by Crippen LogP contribution is -2.14. The fraction of sp³-hybridized carbons (Fsp3) is 0.929. The second-order valence-corrected chi connectivity index (χ2v) is 5.07. The molecule has 0 aliphatic heterocycles. The molecule has 1 unspecified atom stereocenters. The van der Waals surface area contributed by atoms with Crippen molar-refractivity contribution in [2.75, 3.05) is 6.61 Å². The van der Waals surface area contributed by atoms with Gasteiger partial charge in [-0.25, -0.2) is 0 Å². The van der Waals surface area contributed by atoms with Gasteiger partial charge < -0.3 is 4.74 Å². The molecule has 0 fully saturated rings. The molecular formula is C14H28O2. The van der Waals surface area contributed by atoms with Crippen LogP contribution in [0.1, 0.15) is 66.2 Å². The summed E-state index contributed by atoms with van der Waals surface area (Å²) in [6.07, 6.45) is 6.94. The molecule has 0 aromatic carbocycles. The van der Waals surface area contributed by atoms with Gasteiger partial charge in [0.05, 0.1) is 12.5 Å². The molecule has 0 aromatic rings. The van der Waals surface area contributed by atoms with Crippen molar-refractivity contribution >= 4 is 5.97 Å². The molecule has 0 rings (SSSR count). The summed E-state index contributed by atoms with van der Waals surface area (Å²) in [5.41, 5.74) is 0. The molecule has 2 heteroatoms. The molecule has 0 saturated carbocycles. The van der Waals surface area contributed by atoms with Crippen LogP contribution in [0.2, 0.25) is 0 Å². The Morgan fingerprint density at radius 1 is 1.06 bits per heavy atom. The van der Waals surface area contributed by atoms with Crippen LogP contribution in [0.4, 0.5) is 0 Å². The third-order valence-electron chi connectivity index (χ3n) is 2.93. The SMILES string of the molecule is CCC(C)C(=O)OCCCCCCC(C)C. The Morgan fingerprint density at radius 3 is 2.25 bits per heavy atom. The van der Waals surface area contributed by atoms with Gasteiger partial charge >= 0.3 is 5.97 Å². The van der Waals surface area contributed by atoms with Crippen molar-refractivity contribution < 1.29 is 9.53 Å². The number of unbranched alkanes of at least 4 members (excludes halogenated alkanes) is 3. The lowest BCUT2D eigenvalue weighted by Gasteiger charge is -2.09. The molecule has 16 heavy (non-hydrogen) atoms. The van der Waals surface area contributed by atoms with E-state index >= 15 is 0 Å². The summed E-state index contributed by atoms with van der Waals surface area (Å²) in [6.45, 7) is 9.05. The predicted octanol–water partition coefficient (Wildman–Crippen LogP) is 4.18. The number of hydrogen-bond donors (Lipinski definition) is 0. The first-order chi connectivity index (χ1) is 7.57. The molecule has 0 saturated heterocycles. The topological polar surface area (TPSA) is 26.3 Å². The Bertz CT molecular complexity index is 176. The van der Waals surface area contributed by atoms with Crippen molar-refractivity contribution in [1.29, 1.82) is 0 Å². The van der Waals surface area contributed by atoms with Crippen LogP contribution < -0.4 is 0 Å². The summed E-state index contributed by atoms with van der Waals surface area (Å²) in [7, 11) is 0. The number of rotatable bonds is 9. The van der Waals surface area contributed by atoms with Gasteiger partial charge in [-0.2, -0.15) is 0 Å². The molecule has 0 bridgehead atoms. The van der Waals surface area contributed by atoms with Gasteiger partial charge in [-0.05, 0) is 18.8 Å². The van der Waals surface area contributed by atoms with Crippen molar-refractivity contribution in [1.82, 2.24) is 0 Å². The van der Waals surface area contributed by atoms with Crippen LogP contribution in [0.3, 0.4) is 0 Å². The quantitative estimate of drug-likeness (QED) is 0.437. The molecule has 2 nitrogen and oxygen atoms in total. The van der Waals surface area contributed by atoms with Crippen molar-refractivity contribution in [2.24, 2.45) is 11.8 Å². The highest BCUT2D eigenvalue weighted by molar-refractivity contribution is 5.71. The lowest BCUT2D eigenvalue weighted by molar-refractivity contribution is -0.148. The first kappa shape index (κ1) is 15.5. The zero-order valence-electron chi connectivity index (χ0n) is 11.4. The molecule has 0 N–H and O–H groups in total. The Hall–Kier alpha value is -0.530. The molecule has 0 aliphatic carbocycles. The van der Waals surface area contributed by atoms with Gasteiger partial charge in [-0.3, -0.25) is 4.79 Å². The summed E-state index contributed by atoms with van der Waals surface area (Å²) in [5.74, 6) is 0.828. The lowest BCUT2D eigenvalue weighted by atomic mass is 10.0. The molecule has 0 radical (unpaired) electrons. The average molecular weight is 228 g/mol. The van der Waals surface area contributed by atoms with Crippen LogP contribution in [0, 0.1) is 11.8 Å². The van der Waals surface area contributed by atoms with Gasteiger partial charge in [0, 0.05) is 0 Å². The normalized spacial score (nSPS) is 12.8. The fourth-order valence-electron chi connectivity index (χ4n) is 1.49. The number of carbonyl (C=O) groups excluding carboxylic acids is 1. The third-order valence-corrected chi connectivity index (χ3v) is 2.93. The highest BCUT2D eigenvalue weighted by atomic mass is 16.5. The van der Waals surface area contributed by atoms with E-state index in [0.29, 0.717) is 6.61 Å². The van der Waals surface area contributed by atoms with E-state index in [0.717, 1.165) is 18.8 Å². The van der Waals surface area contributed by atoms with Crippen LogP contribution in [0.5, 0.6) is 0 Å². The maximum atomic E-state index is 11.3. The second-order valence-electron chi connectivity index (χ2n) is 5.07. The summed E-state index contributed by atoms with van der Waals surface area (Å²) < 4.78 is 5.18. The maximum absolute atomic E-state index is 11.3. The van der Waals surface area contributed by atoms with Crippen LogP contribution in [0.25, 0.3) is 0 Å². The van der Waals surface area contributed by atoms with E-state index < -0.39 is 0 Å². The Morgan fingerprint density at radius 2 is 1.69 bits per heavy atom. The van der Waals surface area contributed by atoms with Crippen LogP contribution >= 0.6 is 0 Å². The van der Waals surface area contributed by atoms with E-state index in [9.17, 15) is 4.79 Å². The monoisotopic (exact) mass is 228 g/mol. The van der Waals surface area contributed by atoms with Crippen molar-refractivity contribution in [2.45, 2.75) is 66.2 Å². The van der Waals surface area contributed by atoms with E-state index in [-0.39, 0.29) is 11.9 Å². The maximum Gasteiger partial charge on any atom is 0.308 e. The minimum atomic E-state index is -0.0373. The minimum absolute atomic E-state index is 0.0373. The summed E-state index contributed by atoms with van der Waals surface area (Å²) in [4.78, 5) is 11.3. The number of carbonyl (C=O) groups is 1. The molecule has 96 valence electrons. The predicted molar refractivity (Wildman–Crippen MR) is 68.3 cm³/mol. The number of hydrogen-bond acceptors (Lipinski definition) is 2. The molecule has 0 amide bonds. The third kappa shape index (κ3) is 8.75. The fourth-order valence-corrected chi connectivity index (χ4v) is 1.49. The van der Waals surface area contributed by atoms with Gasteiger partial charge in [0.2, 0.25) is 0 Å². The first-order valence-electron chi connectivity index (χ1n) is 6.74. The van der Waals surface area contributed by atoms with Crippen LogP contribution in [-0.4, -0.2) is 12.6 Å². The van der Waals surface area contributed by atoms with E-state index in [4.69, 9.17) is 4.74 Å². The van der Waals surface area contributed by atoms with Crippen LogP contribution in [0.15, 0.2) is 0 Å². The first-order valence-corrected chi connectivity index (χ1v) is 6.74. The molecular weight excluding hydrogens is 200 g/mol. The molecule has 0 heterocycles. The van der Waals surface area contributed by atoms with Gasteiger partial charge in [-0.1, -0.05) is 53.4 Å². The zero-order chi connectivity index (χ0) is 12.4. The highest BCUT2D eigenvalue weighted by Crippen LogP contribution is 2.10. The molecule has 0 aromatic heterocycles. The molecule has 0 aliphatic rings. The zero-order valence-corrected chi connectivity index (χ0v) is 11.4. The Kier molecular flexibility index (Phi) is 9.36. The van der Waals surface area contributed by atoms with Crippen LogP contribution in [-0.2, 0) is 9.53 Å². The minimum Gasteiger partial charge on any atom is -0.465 e. The smallest absolute Gasteiger partial charge is 0.308 e. The Balaban J connectivity index is 3.24. The van der Waals surface area contributed by atoms with Gasteiger partial charge in [0.15, 0.2) is 0 Å². The van der Waals surface area contributed by atoms with E-state index in [2.05, 4.69) is 13.8 Å². The summed E-state index contributed by atoms with van der Waals surface area (Å²) >= 11 is 0. The molecule has 0 spiro atoms. The number of esters is 1. The van der Waals surface area contributed by atoms with Gasteiger partial charge in [0.1, 0.15) is 0 Å². The Labute approximate surface area is 101 Å². The van der Waals surface area contributed by atoms with E-state index in [1.165, 1.54) is 25.7 Å². The highest BCUT2D eigenvalue weighted by Gasteiger charge is 2.10. The van der Waals surface area contributed by atoms with Gasteiger partial charge in [0.25, 0.3) is 0 Å². The van der Waals surface area contributed by atoms with Crippen molar-refractivity contribution in [3.63, 3.8) is 0 Å². The largest absolute Gasteiger partial charge is 0.465 e. The molecule has 1 atom stereocenters. The second kappa shape index (κ2) is 9.68. The standard InChI is InChI=1S/C14H28O2/c1-5-13(4)14(15)16-11-9-7-6-8-10-12(2)3/h12-13H,5-11H2,1-4H3. The van der Waals surface area contributed by atoms with Crippen molar-refractivity contribution in [3.8, 4) is 0 Å². The van der Waals surface area contributed by atoms with E-state index in [1.54, 1.807) is 0 Å².